The van der Waals surface area contributed by atoms with Crippen molar-refractivity contribution < 1.29 is 18.4 Å². The van der Waals surface area contributed by atoms with Crippen LogP contribution in [-0.4, -0.2) is 16.4 Å². The predicted octanol–water partition coefficient (Wildman–Crippen LogP) is 2.99. The number of hydrogen-bond donors (Lipinski definition) is 2. The van der Waals surface area contributed by atoms with Crippen LogP contribution < -0.4 is 16.4 Å². The molecule has 31 heavy (non-hydrogen) atoms. The number of hydrogen-bond acceptors (Lipinski definition) is 5. The zero-order valence-corrected chi connectivity index (χ0v) is 16.8. The van der Waals surface area contributed by atoms with E-state index in [0.717, 1.165) is 5.56 Å². The molecule has 0 fully saturated rings. The van der Waals surface area contributed by atoms with Crippen LogP contribution >= 0.6 is 0 Å². The van der Waals surface area contributed by atoms with Crippen LogP contribution in [0.15, 0.2) is 80.6 Å². The van der Waals surface area contributed by atoms with Gasteiger partial charge in [-0.05, 0) is 48.9 Å². The second-order valence-corrected chi connectivity index (χ2v) is 7.06. The van der Waals surface area contributed by atoms with Crippen LogP contribution in [0.4, 0.5) is 0 Å². The van der Waals surface area contributed by atoms with Crippen LogP contribution in [0.2, 0.25) is 0 Å². The van der Waals surface area contributed by atoms with E-state index in [9.17, 15) is 14.4 Å². The summed E-state index contributed by atoms with van der Waals surface area (Å²) in [6, 6.07) is 16.7. The number of para-hydroxylation sites is 2. The Morgan fingerprint density at radius 3 is 2.65 bits per heavy atom. The number of oxazole rings is 1. The lowest BCUT2D eigenvalue weighted by atomic mass is 10.1. The van der Waals surface area contributed by atoms with E-state index in [0.29, 0.717) is 22.4 Å². The van der Waals surface area contributed by atoms with Crippen molar-refractivity contribution in [2.45, 2.75) is 26.1 Å². The van der Waals surface area contributed by atoms with Gasteiger partial charge in [-0.1, -0.05) is 24.3 Å². The normalized spacial score (nSPS) is 11.9. The van der Waals surface area contributed by atoms with Gasteiger partial charge in [0.25, 0.3) is 5.91 Å². The molecule has 0 spiro atoms. The van der Waals surface area contributed by atoms with Crippen LogP contribution in [0.25, 0.3) is 11.1 Å². The smallest absolute Gasteiger partial charge is 0.420 e. The number of nitrogens with one attached hydrogen (secondary N) is 2. The molecule has 8 nitrogen and oxygen atoms in total. The summed E-state index contributed by atoms with van der Waals surface area (Å²) < 4.78 is 11.7. The van der Waals surface area contributed by atoms with E-state index in [4.69, 9.17) is 8.83 Å². The number of rotatable bonds is 7. The van der Waals surface area contributed by atoms with Crippen molar-refractivity contribution in [2.24, 2.45) is 0 Å². The van der Waals surface area contributed by atoms with Crippen LogP contribution in [0.5, 0.6) is 0 Å². The van der Waals surface area contributed by atoms with Crippen molar-refractivity contribution >= 4 is 22.9 Å². The number of benzene rings is 2. The lowest BCUT2D eigenvalue weighted by Gasteiger charge is -2.13. The molecular formula is C23H21N3O5. The first-order valence-corrected chi connectivity index (χ1v) is 9.80. The molecule has 158 valence electrons. The van der Waals surface area contributed by atoms with Gasteiger partial charge >= 0.3 is 5.76 Å². The molecule has 0 aliphatic heterocycles. The minimum atomic E-state index is -0.754. The Morgan fingerprint density at radius 1 is 1.00 bits per heavy atom. The first-order valence-electron chi connectivity index (χ1n) is 9.80. The highest BCUT2D eigenvalue weighted by Gasteiger charge is 2.21. The Labute approximate surface area is 177 Å². The summed E-state index contributed by atoms with van der Waals surface area (Å²) in [6.45, 7) is 2.14. The first kappa shape index (κ1) is 20.2. The van der Waals surface area contributed by atoms with E-state index in [1.165, 1.54) is 4.57 Å². The molecule has 0 radical (unpaired) electrons. The third kappa shape index (κ3) is 4.42. The summed E-state index contributed by atoms with van der Waals surface area (Å²) in [5.41, 5.74) is 2.23. The van der Waals surface area contributed by atoms with Gasteiger partial charge in [0.05, 0.1) is 18.3 Å². The molecule has 8 heteroatoms. The Morgan fingerprint density at radius 2 is 1.84 bits per heavy atom. The van der Waals surface area contributed by atoms with Crippen molar-refractivity contribution in [1.82, 2.24) is 15.2 Å². The third-order valence-electron chi connectivity index (χ3n) is 4.94. The van der Waals surface area contributed by atoms with E-state index in [1.54, 1.807) is 67.8 Å². The van der Waals surface area contributed by atoms with Gasteiger partial charge in [-0.2, -0.15) is 0 Å². The second-order valence-electron chi connectivity index (χ2n) is 7.06. The van der Waals surface area contributed by atoms with Crippen LogP contribution in [0, 0.1) is 0 Å². The molecule has 2 aromatic heterocycles. The van der Waals surface area contributed by atoms with Crippen LogP contribution in [0.3, 0.4) is 0 Å². The number of furan rings is 1. The highest BCUT2D eigenvalue weighted by atomic mass is 16.4. The van der Waals surface area contributed by atoms with Gasteiger partial charge in [-0.3, -0.25) is 14.2 Å². The van der Waals surface area contributed by atoms with Crippen molar-refractivity contribution in [3.63, 3.8) is 0 Å². The standard InChI is InChI=1S/C23H21N3O5/c1-15(26-19-9-2-3-10-20(19)31-23(26)29)21(27)24-13-16-6-4-7-17(12-16)22(28)25-14-18-8-5-11-30-18/h2-12,15H,13-14H2,1H3,(H,24,27)(H,25,28). The molecule has 0 saturated heterocycles. The number of carbonyl (C=O) groups is 2. The molecule has 4 rings (SSSR count). The molecule has 1 atom stereocenters. The van der Waals surface area contributed by atoms with Gasteiger partial charge < -0.3 is 19.5 Å². The van der Waals surface area contributed by atoms with Crippen molar-refractivity contribution in [2.75, 3.05) is 0 Å². The molecule has 2 amide bonds. The maximum absolute atomic E-state index is 12.7. The first-order chi connectivity index (χ1) is 15.0. The number of amides is 2. The van der Waals surface area contributed by atoms with E-state index >= 15 is 0 Å². The molecule has 0 aliphatic carbocycles. The maximum Gasteiger partial charge on any atom is 0.420 e. The molecule has 0 bridgehead atoms. The maximum atomic E-state index is 12.7. The van der Waals surface area contributed by atoms with Crippen molar-refractivity contribution in [1.29, 1.82) is 0 Å². The Kier molecular flexibility index (Phi) is 5.70. The summed E-state index contributed by atoms with van der Waals surface area (Å²) in [6.07, 6.45) is 1.55. The Hall–Kier alpha value is -4.07. The molecule has 2 heterocycles. The Balaban J connectivity index is 1.40. The highest BCUT2D eigenvalue weighted by molar-refractivity contribution is 5.94. The third-order valence-corrected chi connectivity index (χ3v) is 4.94. The monoisotopic (exact) mass is 419 g/mol. The molecule has 4 aromatic rings. The number of nitrogens with zero attached hydrogens (tertiary/aromatic N) is 1. The summed E-state index contributed by atoms with van der Waals surface area (Å²) in [4.78, 5) is 37.2. The van der Waals surface area contributed by atoms with Gasteiger partial charge in [-0.25, -0.2) is 4.79 Å². The summed E-state index contributed by atoms with van der Waals surface area (Å²) in [7, 11) is 0. The Bertz CT molecular complexity index is 1270. The van der Waals surface area contributed by atoms with Gasteiger partial charge in [0.1, 0.15) is 11.8 Å². The fraction of sp³-hybridized carbons (Fsp3) is 0.174. The van der Waals surface area contributed by atoms with Crippen molar-refractivity contribution in [3.8, 4) is 0 Å². The van der Waals surface area contributed by atoms with Crippen LogP contribution in [-0.2, 0) is 17.9 Å². The largest absolute Gasteiger partial charge is 0.467 e. The lowest BCUT2D eigenvalue weighted by molar-refractivity contribution is -0.124. The number of carbonyl (C=O) groups excluding carboxylic acids is 2. The van der Waals surface area contributed by atoms with Gasteiger partial charge in [0, 0.05) is 12.1 Å². The zero-order chi connectivity index (χ0) is 21.8. The molecule has 2 N–H and O–H groups in total. The SMILES string of the molecule is CC(C(=O)NCc1cccc(C(=O)NCc2ccco2)c1)n1c(=O)oc2ccccc21. The van der Waals surface area contributed by atoms with E-state index in [2.05, 4.69) is 10.6 Å². The zero-order valence-electron chi connectivity index (χ0n) is 16.8. The second kappa shape index (κ2) is 8.74. The van der Waals surface area contributed by atoms with E-state index in [1.807, 2.05) is 6.07 Å². The van der Waals surface area contributed by atoms with E-state index in [-0.39, 0.29) is 24.9 Å². The minimum absolute atomic E-state index is 0.215. The quantitative estimate of drug-likeness (QED) is 0.479. The number of fused-ring (bicyclic) bond motifs is 1. The predicted molar refractivity (Wildman–Crippen MR) is 113 cm³/mol. The van der Waals surface area contributed by atoms with Crippen LogP contribution in [0.1, 0.15) is 34.6 Å². The minimum Gasteiger partial charge on any atom is -0.467 e. The fourth-order valence-corrected chi connectivity index (χ4v) is 3.31. The van der Waals surface area contributed by atoms with Gasteiger partial charge in [-0.15, -0.1) is 0 Å². The van der Waals surface area contributed by atoms with E-state index < -0.39 is 11.8 Å². The summed E-state index contributed by atoms with van der Waals surface area (Å²) in [5.74, 6) is -0.498. The fourth-order valence-electron chi connectivity index (χ4n) is 3.31. The molecule has 2 aromatic carbocycles. The van der Waals surface area contributed by atoms with Crippen molar-refractivity contribution in [3.05, 3.63) is 94.4 Å². The molecule has 0 aliphatic rings. The topological polar surface area (TPSA) is 106 Å². The molecular weight excluding hydrogens is 398 g/mol. The summed E-state index contributed by atoms with van der Waals surface area (Å²) in [5, 5.41) is 5.60. The average molecular weight is 419 g/mol. The molecule has 0 saturated carbocycles. The number of aromatic nitrogens is 1. The lowest BCUT2D eigenvalue weighted by Crippen LogP contribution is -2.34. The highest BCUT2D eigenvalue weighted by Crippen LogP contribution is 2.17. The van der Waals surface area contributed by atoms with Gasteiger partial charge in [0.2, 0.25) is 5.91 Å². The average Bonchev–Trinajstić information content (AvgIpc) is 3.42. The molecule has 1 unspecified atom stereocenters. The van der Waals surface area contributed by atoms with Gasteiger partial charge in [0.15, 0.2) is 5.58 Å². The summed E-state index contributed by atoms with van der Waals surface area (Å²) >= 11 is 0.